The third-order valence-corrected chi connectivity index (χ3v) is 5.37. The van der Waals surface area contributed by atoms with E-state index < -0.39 is 0 Å². The lowest BCUT2D eigenvalue weighted by molar-refractivity contribution is -0.117. The lowest BCUT2D eigenvalue weighted by Gasteiger charge is -2.19. The molecule has 0 radical (unpaired) electrons. The maximum Gasteiger partial charge on any atom is 0.227 e. The van der Waals surface area contributed by atoms with E-state index in [0.29, 0.717) is 24.3 Å². The molecule has 128 valence electrons. The molecule has 1 atom stereocenters. The van der Waals surface area contributed by atoms with E-state index in [1.807, 2.05) is 30.6 Å². The summed E-state index contributed by atoms with van der Waals surface area (Å²) >= 11 is 1.66. The average molecular weight is 355 g/mol. The number of fused-ring (bicyclic) bond motifs is 1. The molecule has 1 aliphatic rings. The summed E-state index contributed by atoms with van der Waals surface area (Å²) in [5.41, 5.74) is 3.09. The van der Waals surface area contributed by atoms with Gasteiger partial charge in [0.05, 0.1) is 21.9 Å². The minimum atomic E-state index is -0.376. The molecule has 0 spiro atoms. The van der Waals surface area contributed by atoms with E-state index in [4.69, 9.17) is 0 Å². The third kappa shape index (κ3) is 3.09. The van der Waals surface area contributed by atoms with Gasteiger partial charge in [-0.05, 0) is 54.6 Å². The van der Waals surface area contributed by atoms with Crippen LogP contribution in [0.2, 0.25) is 0 Å². The van der Waals surface area contributed by atoms with Crippen molar-refractivity contribution >= 4 is 38.8 Å². The first-order valence-corrected chi connectivity index (χ1v) is 9.19. The van der Waals surface area contributed by atoms with E-state index in [9.17, 15) is 9.18 Å². The molecular weight excluding hydrogens is 337 g/mol. The van der Waals surface area contributed by atoms with Crippen LogP contribution in [-0.4, -0.2) is 17.4 Å². The minimum absolute atomic E-state index is 0.00216. The summed E-state index contributed by atoms with van der Waals surface area (Å²) in [7, 11) is 0. The van der Waals surface area contributed by atoms with E-state index in [-0.39, 0.29) is 17.8 Å². The van der Waals surface area contributed by atoms with Gasteiger partial charge in [-0.15, -0.1) is 11.3 Å². The highest BCUT2D eigenvalue weighted by atomic mass is 32.1. The molecule has 25 heavy (non-hydrogen) atoms. The highest BCUT2D eigenvalue weighted by Gasteiger charge is 2.24. The fourth-order valence-corrected chi connectivity index (χ4v) is 3.94. The number of hydrogen-bond donors (Lipinski definition) is 1. The molecule has 1 aliphatic heterocycles. The first-order chi connectivity index (χ1) is 12.1. The van der Waals surface area contributed by atoms with Crippen LogP contribution in [0.15, 0.2) is 41.9 Å². The second kappa shape index (κ2) is 6.44. The number of thiophene rings is 1. The van der Waals surface area contributed by atoms with Gasteiger partial charge in [0.25, 0.3) is 0 Å². The van der Waals surface area contributed by atoms with Gasteiger partial charge in [-0.2, -0.15) is 0 Å². The van der Waals surface area contributed by atoms with Crippen molar-refractivity contribution in [3.05, 3.63) is 53.3 Å². The topological polar surface area (TPSA) is 45.2 Å². The van der Waals surface area contributed by atoms with Gasteiger partial charge >= 0.3 is 0 Å². The molecule has 0 aliphatic carbocycles. The summed E-state index contributed by atoms with van der Waals surface area (Å²) in [6, 6.07) is 9.05. The van der Waals surface area contributed by atoms with E-state index >= 15 is 0 Å². The van der Waals surface area contributed by atoms with Crippen LogP contribution in [0.5, 0.6) is 0 Å². The molecule has 1 aromatic carbocycles. The number of nitrogens with zero attached hydrogens (tertiary/aromatic N) is 2. The minimum Gasteiger partial charge on any atom is -0.378 e. The number of aromatic nitrogens is 1. The van der Waals surface area contributed by atoms with Crippen LogP contribution in [0.25, 0.3) is 10.2 Å². The van der Waals surface area contributed by atoms with Gasteiger partial charge < -0.3 is 10.2 Å². The predicted octanol–water partition coefficient (Wildman–Crippen LogP) is 4.74. The van der Waals surface area contributed by atoms with Gasteiger partial charge in [-0.1, -0.05) is 0 Å². The van der Waals surface area contributed by atoms with E-state index in [1.54, 1.807) is 17.4 Å². The summed E-state index contributed by atoms with van der Waals surface area (Å²) in [5, 5.41) is 5.33. The van der Waals surface area contributed by atoms with Crippen molar-refractivity contribution in [2.45, 2.75) is 25.8 Å². The molecule has 6 heteroatoms. The summed E-state index contributed by atoms with van der Waals surface area (Å²) in [6.07, 6.45) is 3.13. The number of pyridine rings is 1. The molecule has 4 nitrogen and oxygen atoms in total. The Bertz CT molecular complexity index is 939. The molecule has 1 saturated heterocycles. The van der Waals surface area contributed by atoms with Crippen molar-refractivity contribution in [2.24, 2.45) is 0 Å². The van der Waals surface area contributed by atoms with Crippen LogP contribution in [0.1, 0.15) is 31.4 Å². The largest absolute Gasteiger partial charge is 0.378 e. The molecule has 0 saturated carbocycles. The quantitative estimate of drug-likeness (QED) is 0.735. The molecule has 1 fully saturated rings. The van der Waals surface area contributed by atoms with Gasteiger partial charge in [-0.3, -0.25) is 9.78 Å². The van der Waals surface area contributed by atoms with Crippen LogP contribution in [0.4, 0.5) is 15.8 Å². The monoisotopic (exact) mass is 355 g/mol. The zero-order valence-corrected chi connectivity index (χ0v) is 14.6. The number of carbonyl (C=O) groups excluding carboxylic acids is 1. The number of carbonyl (C=O) groups is 1. The summed E-state index contributed by atoms with van der Waals surface area (Å²) in [6.45, 7) is 2.61. The third-order valence-electron chi connectivity index (χ3n) is 4.52. The normalized spacial score (nSPS) is 15.8. The predicted molar refractivity (Wildman–Crippen MR) is 99.6 cm³/mol. The number of halogens is 1. The van der Waals surface area contributed by atoms with Crippen LogP contribution in [-0.2, 0) is 4.79 Å². The van der Waals surface area contributed by atoms with Crippen molar-refractivity contribution in [2.75, 3.05) is 16.8 Å². The Hall–Kier alpha value is -2.47. The van der Waals surface area contributed by atoms with Gasteiger partial charge in [0.1, 0.15) is 5.82 Å². The highest BCUT2D eigenvalue weighted by molar-refractivity contribution is 7.17. The van der Waals surface area contributed by atoms with Gasteiger partial charge in [0.15, 0.2) is 0 Å². The Morgan fingerprint density at radius 3 is 2.96 bits per heavy atom. The van der Waals surface area contributed by atoms with Crippen molar-refractivity contribution in [3.63, 3.8) is 0 Å². The Morgan fingerprint density at radius 2 is 2.20 bits per heavy atom. The molecule has 1 amide bonds. The second-order valence-corrected chi connectivity index (χ2v) is 7.20. The van der Waals surface area contributed by atoms with Gasteiger partial charge in [-0.25, -0.2) is 4.39 Å². The molecule has 0 bridgehead atoms. The first-order valence-electron chi connectivity index (χ1n) is 8.31. The number of nitrogens with one attached hydrogen (secondary N) is 1. The number of amides is 1. The van der Waals surface area contributed by atoms with Crippen molar-refractivity contribution in [1.82, 2.24) is 4.98 Å². The maximum atomic E-state index is 14.5. The molecular formula is C19H18FN3OS. The lowest BCUT2D eigenvalue weighted by Crippen LogP contribution is -2.24. The fourth-order valence-electron chi connectivity index (χ4n) is 3.15. The number of benzene rings is 1. The SMILES string of the molecule is C[C@H](Nc1ccc(N2CCCC2=O)c(F)c1)c1cnc2ccsc2c1. The lowest BCUT2D eigenvalue weighted by atomic mass is 10.1. The maximum absolute atomic E-state index is 14.5. The fraction of sp³-hybridized carbons (Fsp3) is 0.263. The smallest absolute Gasteiger partial charge is 0.227 e. The van der Waals surface area contributed by atoms with E-state index in [2.05, 4.69) is 16.4 Å². The summed E-state index contributed by atoms with van der Waals surface area (Å²) < 4.78 is 15.6. The number of rotatable bonds is 4. The Balaban J connectivity index is 1.53. The van der Waals surface area contributed by atoms with Gasteiger partial charge in [0.2, 0.25) is 5.91 Å². The van der Waals surface area contributed by atoms with Crippen LogP contribution < -0.4 is 10.2 Å². The van der Waals surface area contributed by atoms with Gasteiger partial charge in [0, 0.05) is 24.8 Å². The van der Waals surface area contributed by atoms with E-state index in [0.717, 1.165) is 22.2 Å². The summed E-state index contributed by atoms with van der Waals surface area (Å²) in [5.74, 6) is -0.386. The molecule has 0 unspecified atom stereocenters. The van der Waals surface area contributed by atoms with Crippen LogP contribution in [0.3, 0.4) is 0 Å². The van der Waals surface area contributed by atoms with Crippen molar-refractivity contribution in [1.29, 1.82) is 0 Å². The van der Waals surface area contributed by atoms with Crippen LogP contribution in [0, 0.1) is 5.82 Å². The number of anilines is 2. The summed E-state index contributed by atoms with van der Waals surface area (Å²) in [4.78, 5) is 17.8. The molecule has 1 N–H and O–H groups in total. The van der Waals surface area contributed by atoms with Crippen LogP contribution >= 0.6 is 11.3 Å². The first kappa shape index (κ1) is 16.0. The van der Waals surface area contributed by atoms with E-state index in [1.165, 1.54) is 11.0 Å². The Kier molecular flexibility index (Phi) is 4.13. The zero-order valence-electron chi connectivity index (χ0n) is 13.8. The Labute approximate surface area is 149 Å². The molecule has 3 aromatic rings. The second-order valence-electron chi connectivity index (χ2n) is 6.25. The van der Waals surface area contributed by atoms with Crippen molar-refractivity contribution in [3.8, 4) is 0 Å². The van der Waals surface area contributed by atoms with Crippen molar-refractivity contribution < 1.29 is 9.18 Å². The Morgan fingerprint density at radius 1 is 1.32 bits per heavy atom. The molecule has 3 heterocycles. The zero-order chi connectivity index (χ0) is 17.4. The molecule has 4 rings (SSSR count). The number of hydrogen-bond acceptors (Lipinski definition) is 4. The molecule has 2 aromatic heterocycles. The standard InChI is InChI=1S/C19H18FN3OS/c1-12(13-9-18-16(21-11-13)6-8-25-18)22-14-4-5-17(15(20)10-14)23-7-2-3-19(23)24/h4-6,8-12,22H,2-3,7H2,1H3/t12-/m0/s1. The highest BCUT2D eigenvalue weighted by Crippen LogP contribution is 2.29. The average Bonchev–Trinajstić information content (AvgIpc) is 3.23.